The molecule has 0 fully saturated rings. The second-order valence-electron chi connectivity index (χ2n) is 2.68. The van der Waals surface area contributed by atoms with Crippen LogP contribution in [0.25, 0.3) is 0 Å². The Morgan fingerprint density at radius 1 is 1.43 bits per heavy atom. The monoisotopic (exact) mass is 204 g/mol. The summed E-state index contributed by atoms with van der Waals surface area (Å²) in [6.07, 6.45) is 1.15. The number of aliphatic carboxylic acids is 1. The molecule has 6 heteroatoms. The SMILES string of the molecule is CCCCOC(=O)NNCCC(=O)O. The number of carbonyl (C=O) groups is 2. The molecule has 0 heterocycles. The molecule has 0 unspecified atom stereocenters. The molecule has 0 radical (unpaired) electrons. The molecular weight excluding hydrogens is 188 g/mol. The molecular formula is C8H16N2O4. The van der Waals surface area contributed by atoms with Gasteiger partial charge in [0.05, 0.1) is 13.0 Å². The molecule has 1 amide bonds. The summed E-state index contributed by atoms with van der Waals surface area (Å²) in [4.78, 5) is 20.9. The van der Waals surface area contributed by atoms with Crippen LogP contribution < -0.4 is 10.9 Å². The van der Waals surface area contributed by atoms with Crippen LogP contribution in [0.4, 0.5) is 4.79 Å². The Hall–Kier alpha value is -1.30. The van der Waals surface area contributed by atoms with Crippen molar-refractivity contribution in [2.75, 3.05) is 13.2 Å². The molecule has 0 atom stereocenters. The van der Waals surface area contributed by atoms with Crippen molar-refractivity contribution in [3.05, 3.63) is 0 Å². The molecule has 0 aliphatic rings. The number of unbranched alkanes of at least 4 members (excludes halogenated alkanes) is 1. The van der Waals surface area contributed by atoms with E-state index in [0.29, 0.717) is 6.61 Å². The van der Waals surface area contributed by atoms with Crippen molar-refractivity contribution in [3.8, 4) is 0 Å². The maximum absolute atomic E-state index is 10.8. The zero-order valence-electron chi connectivity index (χ0n) is 8.21. The van der Waals surface area contributed by atoms with Gasteiger partial charge in [-0.1, -0.05) is 13.3 Å². The van der Waals surface area contributed by atoms with Gasteiger partial charge in [0.1, 0.15) is 0 Å². The quantitative estimate of drug-likeness (QED) is 0.415. The number of carbonyl (C=O) groups excluding carboxylic acids is 1. The Balaban J connectivity index is 3.22. The van der Waals surface area contributed by atoms with E-state index < -0.39 is 12.1 Å². The summed E-state index contributed by atoms with van der Waals surface area (Å²) < 4.78 is 4.73. The molecule has 0 aromatic rings. The van der Waals surface area contributed by atoms with E-state index >= 15 is 0 Å². The highest BCUT2D eigenvalue weighted by Crippen LogP contribution is 1.87. The lowest BCUT2D eigenvalue weighted by molar-refractivity contribution is -0.136. The second kappa shape index (κ2) is 8.31. The average Bonchev–Trinajstić information content (AvgIpc) is 2.13. The lowest BCUT2D eigenvalue weighted by Gasteiger charge is -2.06. The van der Waals surface area contributed by atoms with Crippen LogP contribution >= 0.6 is 0 Å². The van der Waals surface area contributed by atoms with Crippen molar-refractivity contribution in [3.63, 3.8) is 0 Å². The van der Waals surface area contributed by atoms with Crippen molar-refractivity contribution in [1.29, 1.82) is 0 Å². The highest BCUT2D eigenvalue weighted by molar-refractivity contribution is 5.67. The van der Waals surface area contributed by atoms with Crippen LogP contribution in [-0.4, -0.2) is 30.3 Å². The normalized spacial score (nSPS) is 9.50. The van der Waals surface area contributed by atoms with Gasteiger partial charge < -0.3 is 9.84 Å². The van der Waals surface area contributed by atoms with E-state index in [0.717, 1.165) is 12.8 Å². The van der Waals surface area contributed by atoms with Gasteiger partial charge in [-0.25, -0.2) is 10.2 Å². The van der Waals surface area contributed by atoms with Crippen LogP contribution in [0.15, 0.2) is 0 Å². The molecule has 82 valence electrons. The fourth-order valence-corrected chi connectivity index (χ4v) is 0.649. The summed E-state index contributed by atoms with van der Waals surface area (Å²) in [6, 6.07) is 0. The minimum atomic E-state index is -0.918. The van der Waals surface area contributed by atoms with E-state index in [9.17, 15) is 9.59 Å². The third-order valence-corrected chi connectivity index (χ3v) is 1.39. The Labute approximate surface area is 82.6 Å². The van der Waals surface area contributed by atoms with Gasteiger partial charge in [0.25, 0.3) is 0 Å². The van der Waals surface area contributed by atoms with Crippen LogP contribution in [0.2, 0.25) is 0 Å². The number of hydrogen-bond donors (Lipinski definition) is 3. The molecule has 0 bridgehead atoms. The van der Waals surface area contributed by atoms with E-state index in [1.54, 1.807) is 0 Å². The first-order valence-electron chi connectivity index (χ1n) is 4.54. The average molecular weight is 204 g/mol. The largest absolute Gasteiger partial charge is 0.481 e. The predicted molar refractivity (Wildman–Crippen MR) is 49.6 cm³/mol. The number of hydrazine groups is 1. The van der Waals surface area contributed by atoms with Crippen molar-refractivity contribution < 1.29 is 19.4 Å². The Morgan fingerprint density at radius 2 is 2.14 bits per heavy atom. The van der Waals surface area contributed by atoms with Gasteiger partial charge in [-0.2, -0.15) is 0 Å². The number of carboxylic acid groups (broad SMARTS) is 1. The van der Waals surface area contributed by atoms with Crippen LogP contribution in [0, 0.1) is 0 Å². The summed E-state index contributed by atoms with van der Waals surface area (Å²) in [5.41, 5.74) is 4.66. The highest BCUT2D eigenvalue weighted by Gasteiger charge is 2.00. The van der Waals surface area contributed by atoms with Crippen molar-refractivity contribution in [1.82, 2.24) is 10.9 Å². The van der Waals surface area contributed by atoms with E-state index in [4.69, 9.17) is 9.84 Å². The van der Waals surface area contributed by atoms with E-state index in [-0.39, 0.29) is 13.0 Å². The minimum absolute atomic E-state index is 0.0464. The molecule has 0 aromatic heterocycles. The molecule has 0 saturated heterocycles. The fourth-order valence-electron chi connectivity index (χ4n) is 0.649. The minimum Gasteiger partial charge on any atom is -0.481 e. The molecule has 0 aliphatic heterocycles. The van der Waals surface area contributed by atoms with Gasteiger partial charge in [-0.15, -0.1) is 0 Å². The molecule has 6 nitrogen and oxygen atoms in total. The lowest BCUT2D eigenvalue weighted by Crippen LogP contribution is -2.39. The smallest absolute Gasteiger partial charge is 0.421 e. The van der Waals surface area contributed by atoms with Gasteiger partial charge >= 0.3 is 12.1 Å². The molecule has 0 spiro atoms. The molecule has 0 saturated carbocycles. The fraction of sp³-hybridized carbons (Fsp3) is 0.750. The third-order valence-electron chi connectivity index (χ3n) is 1.39. The van der Waals surface area contributed by atoms with Gasteiger partial charge in [-0.05, 0) is 6.42 Å². The summed E-state index contributed by atoms with van der Waals surface area (Å²) >= 11 is 0. The zero-order valence-corrected chi connectivity index (χ0v) is 8.21. The number of ether oxygens (including phenoxy) is 1. The first-order chi connectivity index (χ1) is 6.66. The predicted octanol–water partition coefficient (Wildman–Crippen LogP) is 0.492. The highest BCUT2D eigenvalue weighted by atomic mass is 16.6. The van der Waals surface area contributed by atoms with E-state index in [1.807, 2.05) is 6.92 Å². The Bertz CT molecular complexity index is 184. The van der Waals surface area contributed by atoms with Crippen molar-refractivity contribution in [2.24, 2.45) is 0 Å². The molecule has 0 rings (SSSR count). The number of nitrogens with one attached hydrogen (secondary N) is 2. The molecule has 0 aromatic carbocycles. The number of rotatable bonds is 7. The van der Waals surface area contributed by atoms with E-state index in [2.05, 4.69) is 10.9 Å². The summed E-state index contributed by atoms with van der Waals surface area (Å²) in [5, 5.41) is 8.27. The van der Waals surface area contributed by atoms with E-state index in [1.165, 1.54) is 0 Å². The first-order valence-corrected chi connectivity index (χ1v) is 4.54. The van der Waals surface area contributed by atoms with Crippen molar-refractivity contribution >= 4 is 12.1 Å². The van der Waals surface area contributed by atoms with Gasteiger partial charge in [0.2, 0.25) is 0 Å². The zero-order chi connectivity index (χ0) is 10.8. The lowest BCUT2D eigenvalue weighted by atomic mass is 10.4. The summed E-state index contributed by atoms with van der Waals surface area (Å²) in [6.45, 7) is 2.55. The third kappa shape index (κ3) is 8.79. The maximum atomic E-state index is 10.8. The van der Waals surface area contributed by atoms with Crippen molar-refractivity contribution in [2.45, 2.75) is 26.2 Å². The molecule has 0 aliphatic carbocycles. The van der Waals surface area contributed by atoms with Crippen LogP contribution in [0.1, 0.15) is 26.2 Å². The standard InChI is InChI=1S/C8H16N2O4/c1-2-3-6-14-8(13)10-9-5-4-7(11)12/h9H,2-6H2,1H3,(H,10,13)(H,11,12). The van der Waals surface area contributed by atoms with Gasteiger partial charge in [-0.3, -0.25) is 10.2 Å². The van der Waals surface area contributed by atoms with Crippen LogP contribution in [0.3, 0.4) is 0 Å². The second-order valence-corrected chi connectivity index (χ2v) is 2.68. The maximum Gasteiger partial charge on any atom is 0.421 e. The Kier molecular flexibility index (Phi) is 7.53. The summed E-state index contributed by atoms with van der Waals surface area (Å²) in [7, 11) is 0. The molecule has 3 N–H and O–H groups in total. The van der Waals surface area contributed by atoms with Gasteiger partial charge in [0.15, 0.2) is 0 Å². The van der Waals surface area contributed by atoms with Crippen LogP contribution in [-0.2, 0) is 9.53 Å². The summed E-state index contributed by atoms with van der Waals surface area (Å²) in [5.74, 6) is -0.918. The number of amides is 1. The first kappa shape index (κ1) is 12.7. The number of hydrogen-bond acceptors (Lipinski definition) is 4. The Morgan fingerprint density at radius 3 is 2.71 bits per heavy atom. The van der Waals surface area contributed by atoms with Crippen LogP contribution in [0.5, 0.6) is 0 Å². The topological polar surface area (TPSA) is 87.7 Å². The van der Waals surface area contributed by atoms with Gasteiger partial charge in [0, 0.05) is 6.54 Å². The molecule has 14 heavy (non-hydrogen) atoms. The number of carboxylic acids is 1.